The van der Waals surface area contributed by atoms with Crippen LogP contribution in [0.25, 0.3) is 22.2 Å². The van der Waals surface area contributed by atoms with Crippen molar-refractivity contribution in [1.29, 1.82) is 0 Å². The van der Waals surface area contributed by atoms with Gasteiger partial charge in [0.15, 0.2) is 12.4 Å². The van der Waals surface area contributed by atoms with E-state index in [1.54, 1.807) is 84.9 Å². The fourth-order valence-electron chi connectivity index (χ4n) is 4.90. The van der Waals surface area contributed by atoms with Crippen LogP contribution in [0.15, 0.2) is 97.1 Å². The van der Waals surface area contributed by atoms with Crippen LogP contribution in [0.3, 0.4) is 0 Å². The van der Waals surface area contributed by atoms with E-state index in [1.165, 1.54) is 0 Å². The fourth-order valence-corrected chi connectivity index (χ4v) is 4.90. The first kappa shape index (κ1) is 25.8. The number of pyridine rings is 1. The number of carbonyl (C=O) groups excluding carboxylic acids is 4. The molecule has 0 aliphatic carbocycles. The molecule has 0 saturated carbocycles. The van der Waals surface area contributed by atoms with Crippen LogP contribution in [-0.4, -0.2) is 35.2 Å². The quantitative estimate of drug-likeness (QED) is 0.141. The van der Waals surface area contributed by atoms with Crippen molar-refractivity contribution in [3.63, 3.8) is 0 Å². The van der Waals surface area contributed by atoms with Crippen molar-refractivity contribution in [3.05, 3.63) is 130 Å². The Morgan fingerprint density at radius 1 is 0.756 bits per heavy atom. The lowest BCUT2D eigenvalue weighted by Gasteiger charge is -2.15. The van der Waals surface area contributed by atoms with Gasteiger partial charge in [-0.15, -0.1) is 0 Å². The van der Waals surface area contributed by atoms with Crippen molar-refractivity contribution in [1.82, 2.24) is 4.98 Å². The molecule has 1 aromatic heterocycles. The number of nitrogens with zero attached hydrogens (tertiary/aromatic N) is 2. The second-order valence-electron chi connectivity index (χ2n) is 9.91. The summed E-state index contributed by atoms with van der Waals surface area (Å²) in [4.78, 5) is 57.6. The molecule has 0 spiro atoms. The number of aromatic nitrogens is 1. The maximum atomic E-state index is 13.2. The summed E-state index contributed by atoms with van der Waals surface area (Å²) in [6.45, 7) is 3.51. The second-order valence-corrected chi connectivity index (χ2v) is 9.91. The Bertz CT molecular complexity index is 1860. The minimum Gasteiger partial charge on any atom is -0.454 e. The third kappa shape index (κ3) is 4.67. The average Bonchev–Trinajstić information content (AvgIpc) is 3.26. The zero-order chi connectivity index (χ0) is 28.7. The molecule has 2 heterocycles. The lowest BCUT2D eigenvalue weighted by Crippen LogP contribution is -2.29. The van der Waals surface area contributed by atoms with Gasteiger partial charge in [-0.3, -0.25) is 14.4 Å². The van der Waals surface area contributed by atoms with Crippen molar-refractivity contribution in [2.45, 2.75) is 13.8 Å². The predicted octanol–water partition coefficient (Wildman–Crippen LogP) is 6.36. The fraction of sp³-hybridized carbons (Fsp3) is 0.0882. The molecule has 0 saturated heterocycles. The van der Waals surface area contributed by atoms with E-state index in [4.69, 9.17) is 9.72 Å². The van der Waals surface area contributed by atoms with E-state index in [-0.39, 0.29) is 29.8 Å². The molecule has 200 valence electrons. The molecule has 7 heteroatoms. The Balaban J connectivity index is 1.27. The SMILES string of the molecule is Cc1ccc(C(=O)COC(=O)c2cc(-c3ccc(N4C(=O)c5ccccc5C4=O)cc3)nc3ccccc23)cc1C. The van der Waals surface area contributed by atoms with Gasteiger partial charge in [0.2, 0.25) is 0 Å². The van der Waals surface area contributed by atoms with E-state index < -0.39 is 5.97 Å². The number of imide groups is 1. The smallest absolute Gasteiger partial charge is 0.339 e. The van der Waals surface area contributed by atoms with Crippen LogP contribution >= 0.6 is 0 Å². The number of carbonyl (C=O) groups is 4. The van der Waals surface area contributed by atoms with Crippen molar-refractivity contribution >= 4 is 40.2 Å². The van der Waals surface area contributed by atoms with Crippen molar-refractivity contribution in [2.75, 3.05) is 11.5 Å². The molecular formula is C34H24N2O5. The molecule has 1 aliphatic heterocycles. The Morgan fingerprint density at radius 3 is 2.10 bits per heavy atom. The second kappa shape index (κ2) is 10.3. The van der Waals surface area contributed by atoms with Gasteiger partial charge in [-0.2, -0.15) is 0 Å². The van der Waals surface area contributed by atoms with E-state index in [1.807, 2.05) is 26.0 Å². The molecule has 5 aromatic rings. The van der Waals surface area contributed by atoms with Crippen LogP contribution in [0.4, 0.5) is 5.69 Å². The van der Waals surface area contributed by atoms with E-state index in [0.717, 1.165) is 16.0 Å². The first-order valence-corrected chi connectivity index (χ1v) is 13.1. The lowest BCUT2D eigenvalue weighted by molar-refractivity contribution is 0.0476. The van der Waals surface area contributed by atoms with Crippen LogP contribution in [0.5, 0.6) is 0 Å². The summed E-state index contributed by atoms with van der Waals surface area (Å²) in [5.74, 6) is -1.67. The number of fused-ring (bicyclic) bond motifs is 2. The summed E-state index contributed by atoms with van der Waals surface area (Å²) in [5.41, 5.74) is 5.77. The number of esters is 1. The van der Waals surface area contributed by atoms with Crippen molar-refractivity contribution < 1.29 is 23.9 Å². The Kier molecular flexibility index (Phi) is 6.47. The normalized spacial score (nSPS) is 12.5. The summed E-state index contributed by atoms with van der Waals surface area (Å²) < 4.78 is 5.46. The summed E-state index contributed by atoms with van der Waals surface area (Å²) >= 11 is 0. The van der Waals surface area contributed by atoms with Crippen LogP contribution < -0.4 is 4.90 Å². The number of benzene rings is 4. The van der Waals surface area contributed by atoms with E-state index >= 15 is 0 Å². The Hall–Kier alpha value is -5.43. The zero-order valence-corrected chi connectivity index (χ0v) is 22.4. The molecule has 0 radical (unpaired) electrons. The first-order chi connectivity index (χ1) is 19.8. The number of ether oxygens (including phenoxy) is 1. The number of hydrogen-bond donors (Lipinski definition) is 0. The van der Waals surface area contributed by atoms with E-state index in [0.29, 0.717) is 44.5 Å². The van der Waals surface area contributed by atoms with Crippen LogP contribution in [-0.2, 0) is 4.74 Å². The largest absolute Gasteiger partial charge is 0.454 e. The first-order valence-electron chi connectivity index (χ1n) is 13.1. The minimum atomic E-state index is -0.635. The minimum absolute atomic E-state index is 0.280. The summed E-state index contributed by atoms with van der Waals surface area (Å²) in [7, 11) is 0. The number of aryl methyl sites for hydroxylation is 2. The van der Waals surface area contributed by atoms with Crippen LogP contribution in [0, 0.1) is 13.8 Å². The predicted molar refractivity (Wildman–Crippen MR) is 155 cm³/mol. The summed E-state index contributed by atoms with van der Waals surface area (Å²) in [6, 6.07) is 27.8. The van der Waals surface area contributed by atoms with Crippen molar-refractivity contribution in [2.24, 2.45) is 0 Å². The maximum Gasteiger partial charge on any atom is 0.339 e. The van der Waals surface area contributed by atoms with Gasteiger partial charge in [-0.25, -0.2) is 14.7 Å². The number of Topliss-reactive ketones (excluding diaryl/α,β-unsaturated/α-hetero) is 1. The molecule has 0 fully saturated rings. The van der Waals surface area contributed by atoms with Gasteiger partial charge in [0.05, 0.1) is 33.6 Å². The van der Waals surface area contributed by atoms with Gasteiger partial charge in [0.25, 0.3) is 11.8 Å². The molecular weight excluding hydrogens is 516 g/mol. The summed E-state index contributed by atoms with van der Waals surface area (Å²) in [5, 5.41) is 0.600. The van der Waals surface area contributed by atoms with E-state index in [9.17, 15) is 19.2 Å². The number of ketones is 1. The third-order valence-corrected chi connectivity index (χ3v) is 7.31. The van der Waals surface area contributed by atoms with Gasteiger partial charge in [-0.05, 0) is 67.4 Å². The summed E-state index contributed by atoms with van der Waals surface area (Å²) in [6.07, 6.45) is 0. The standard InChI is InChI=1S/C34H24N2O5/c1-20-11-12-23(17-21(20)2)31(37)19-41-34(40)28-18-30(35-29-10-6-5-7-25(28)29)22-13-15-24(16-14-22)36-32(38)26-8-3-4-9-27(26)33(36)39/h3-18H,19H2,1-2H3. The lowest BCUT2D eigenvalue weighted by atomic mass is 10.0. The maximum absolute atomic E-state index is 13.2. The molecule has 7 nitrogen and oxygen atoms in total. The molecule has 1 aliphatic rings. The number of para-hydroxylation sites is 1. The highest BCUT2D eigenvalue weighted by molar-refractivity contribution is 6.34. The molecule has 0 unspecified atom stereocenters. The van der Waals surface area contributed by atoms with Gasteiger partial charge >= 0.3 is 5.97 Å². The van der Waals surface area contributed by atoms with Gasteiger partial charge in [0, 0.05) is 16.5 Å². The number of rotatable bonds is 6. The topological polar surface area (TPSA) is 93.6 Å². The molecule has 2 amide bonds. The molecule has 0 N–H and O–H groups in total. The Morgan fingerprint density at radius 2 is 1.41 bits per heavy atom. The molecule has 6 rings (SSSR count). The van der Waals surface area contributed by atoms with Crippen LogP contribution in [0.2, 0.25) is 0 Å². The highest BCUT2D eigenvalue weighted by Gasteiger charge is 2.36. The van der Waals surface area contributed by atoms with Crippen molar-refractivity contribution in [3.8, 4) is 11.3 Å². The number of hydrogen-bond acceptors (Lipinski definition) is 6. The number of amides is 2. The highest BCUT2D eigenvalue weighted by Crippen LogP contribution is 2.31. The van der Waals surface area contributed by atoms with Gasteiger partial charge in [0.1, 0.15) is 0 Å². The molecule has 0 bridgehead atoms. The Labute approximate surface area is 236 Å². The zero-order valence-electron chi connectivity index (χ0n) is 22.4. The molecule has 4 aromatic carbocycles. The third-order valence-electron chi connectivity index (χ3n) is 7.31. The van der Waals surface area contributed by atoms with Gasteiger partial charge < -0.3 is 4.74 Å². The van der Waals surface area contributed by atoms with E-state index in [2.05, 4.69) is 0 Å². The number of anilines is 1. The van der Waals surface area contributed by atoms with Gasteiger partial charge in [-0.1, -0.05) is 54.6 Å². The average molecular weight is 541 g/mol. The molecule has 0 atom stereocenters. The monoisotopic (exact) mass is 540 g/mol. The van der Waals surface area contributed by atoms with Crippen LogP contribution in [0.1, 0.15) is 52.6 Å². The highest BCUT2D eigenvalue weighted by atomic mass is 16.5. The molecule has 41 heavy (non-hydrogen) atoms.